The highest BCUT2D eigenvalue weighted by Gasteiger charge is 2.61. The Labute approximate surface area is 116 Å². The van der Waals surface area contributed by atoms with Gasteiger partial charge in [-0.25, -0.2) is 0 Å². The molecule has 19 heavy (non-hydrogen) atoms. The van der Waals surface area contributed by atoms with Crippen LogP contribution in [-0.2, 0) is 4.79 Å². The van der Waals surface area contributed by atoms with E-state index in [1.54, 1.807) is 0 Å². The fourth-order valence-electron chi connectivity index (χ4n) is 3.98. The third-order valence-electron chi connectivity index (χ3n) is 5.07. The molecule has 1 aliphatic heterocycles. The third kappa shape index (κ3) is 2.29. The van der Waals surface area contributed by atoms with Crippen molar-refractivity contribution in [1.29, 1.82) is 0 Å². The minimum Gasteiger partial charge on any atom is -0.321 e. The van der Waals surface area contributed by atoms with Crippen LogP contribution in [-0.4, -0.2) is 54.1 Å². The molecule has 1 spiro atoms. The number of carbonyl (C=O) groups excluding carboxylic acids is 1. The topological polar surface area (TPSA) is 35.6 Å². The number of likely N-dealkylation sites (N-methyl/N-ethyl adjacent to an activating group) is 1. The van der Waals surface area contributed by atoms with E-state index in [9.17, 15) is 4.79 Å². The van der Waals surface area contributed by atoms with E-state index in [0.29, 0.717) is 24.0 Å². The van der Waals surface area contributed by atoms with Crippen LogP contribution >= 0.6 is 0 Å². The van der Waals surface area contributed by atoms with E-state index in [1.807, 2.05) is 0 Å². The molecule has 0 radical (unpaired) electrons. The summed E-state index contributed by atoms with van der Waals surface area (Å²) in [5, 5.41) is 3.70. The van der Waals surface area contributed by atoms with E-state index in [4.69, 9.17) is 0 Å². The maximum Gasteiger partial charge on any atom is 0.244 e. The fraction of sp³-hybridized carbons (Fsp3) is 0.933. The summed E-state index contributed by atoms with van der Waals surface area (Å²) in [4.78, 5) is 17.1. The molecule has 0 bridgehead atoms. The first-order chi connectivity index (χ1) is 9.03. The largest absolute Gasteiger partial charge is 0.321 e. The molecule has 1 N–H and O–H groups in total. The summed E-state index contributed by atoms with van der Waals surface area (Å²) < 4.78 is 0. The lowest BCUT2D eigenvalue weighted by Crippen LogP contribution is -2.50. The Kier molecular flexibility index (Phi) is 3.34. The molecular weight excluding hydrogens is 238 g/mol. The Morgan fingerprint density at radius 2 is 2.00 bits per heavy atom. The van der Waals surface area contributed by atoms with E-state index in [2.05, 4.69) is 36.1 Å². The van der Waals surface area contributed by atoms with Crippen molar-refractivity contribution in [2.45, 2.75) is 63.2 Å². The van der Waals surface area contributed by atoms with E-state index in [0.717, 1.165) is 19.4 Å². The first-order valence-corrected chi connectivity index (χ1v) is 7.79. The Balaban J connectivity index is 1.78. The summed E-state index contributed by atoms with van der Waals surface area (Å²) in [6, 6.07) is 0.306. The molecule has 1 saturated heterocycles. The maximum absolute atomic E-state index is 12.7. The lowest BCUT2D eigenvalue weighted by Gasteiger charge is -2.35. The van der Waals surface area contributed by atoms with Crippen LogP contribution in [0.5, 0.6) is 0 Å². The van der Waals surface area contributed by atoms with E-state index >= 15 is 0 Å². The zero-order valence-corrected chi connectivity index (χ0v) is 12.5. The van der Waals surface area contributed by atoms with Gasteiger partial charge in [0.2, 0.25) is 5.91 Å². The monoisotopic (exact) mass is 265 g/mol. The third-order valence-corrected chi connectivity index (χ3v) is 5.07. The molecule has 4 nitrogen and oxygen atoms in total. The maximum atomic E-state index is 12.7. The number of hydrogen-bond acceptors (Lipinski definition) is 3. The fourth-order valence-corrected chi connectivity index (χ4v) is 3.98. The van der Waals surface area contributed by atoms with Gasteiger partial charge in [-0.3, -0.25) is 10.1 Å². The minimum absolute atomic E-state index is 0.159. The van der Waals surface area contributed by atoms with Crippen LogP contribution in [0.15, 0.2) is 0 Å². The molecule has 0 aromatic heterocycles. The van der Waals surface area contributed by atoms with E-state index < -0.39 is 0 Å². The number of nitrogens with one attached hydrogen (secondary N) is 1. The van der Waals surface area contributed by atoms with Crippen LogP contribution in [0, 0.1) is 5.92 Å². The average molecular weight is 265 g/mol. The molecule has 0 aromatic carbocycles. The quantitative estimate of drug-likeness (QED) is 0.835. The van der Waals surface area contributed by atoms with Gasteiger partial charge in [0.15, 0.2) is 0 Å². The normalized spacial score (nSPS) is 31.7. The van der Waals surface area contributed by atoms with Gasteiger partial charge in [-0.2, -0.15) is 0 Å². The predicted octanol–water partition coefficient (Wildman–Crippen LogP) is 1.42. The van der Waals surface area contributed by atoms with E-state index in [-0.39, 0.29) is 5.54 Å². The summed E-state index contributed by atoms with van der Waals surface area (Å²) in [7, 11) is 4.17. The summed E-state index contributed by atoms with van der Waals surface area (Å²) in [6.07, 6.45) is 7.62. The Hall–Kier alpha value is -0.610. The summed E-state index contributed by atoms with van der Waals surface area (Å²) in [6.45, 7) is 3.15. The van der Waals surface area contributed by atoms with Gasteiger partial charge < -0.3 is 9.80 Å². The molecular formula is C15H27N3O. The van der Waals surface area contributed by atoms with Crippen molar-refractivity contribution in [3.05, 3.63) is 0 Å². The van der Waals surface area contributed by atoms with Gasteiger partial charge in [0, 0.05) is 12.6 Å². The molecule has 108 valence electrons. The number of nitrogens with zero attached hydrogens (tertiary/aromatic N) is 2. The lowest BCUT2D eigenvalue weighted by molar-refractivity contribution is -0.133. The second-order valence-corrected chi connectivity index (χ2v) is 7.04. The molecule has 3 fully saturated rings. The molecule has 1 amide bonds. The van der Waals surface area contributed by atoms with Gasteiger partial charge in [-0.15, -0.1) is 0 Å². The van der Waals surface area contributed by atoms with Crippen molar-refractivity contribution in [3.63, 3.8) is 0 Å². The lowest BCUT2D eigenvalue weighted by atomic mass is 10.0. The van der Waals surface area contributed by atoms with Crippen LogP contribution in [0.3, 0.4) is 0 Å². The van der Waals surface area contributed by atoms with Crippen molar-refractivity contribution < 1.29 is 4.79 Å². The van der Waals surface area contributed by atoms with Crippen molar-refractivity contribution in [2.75, 3.05) is 20.6 Å². The summed E-state index contributed by atoms with van der Waals surface area (Å²) >= 11 is 0. The van der Waals surface area contributed by atoms with Gasteiger partial charge >= 0.3 is 0 Å². The molecule has 3 aliphatic rings. The molecule has 2 saturated carbocycles. The zero-order chi connectivity index (χ0) is 13.6. The van der Waals surface area contributed by atoms with Gasteiger partial charge in [0.1, 0.15) is 0 Å². The van der Waals surface area contributed by atoms with Crippen LogP contribution in [0.2, 0.25) is 0 Å². The van der Waals surface area contributed by atoms with Crippen molar-refractivity contribution in [1.82, 2.24) is 15.1 Å². The van der Waals surface area contributed by atoms with Gasteiger partial charge in [-0.05, 0) is 52.6 Å². The molecule has 3 rings (SSSR count). The molecule has 4 heteroatoms. The molecule has 1 heterocycles. The zero-order valence-electron chi connectivity index (χ0n) is 12.5. The molecule has 2 unspecified atom stereocenters. The second kappa shape index (κ2) is 4.74. The highest BCUT2D eigenvalue weighted by molar-refractivity contribution is 5.92. The molecule has 0 aromatic rings. The molecule has 2 atom stereocenters. The standard InChI is InChI=1S/C15H27N3O/c1-11(10-17(2)3)18-13(12-6-4-5-7-12)16-15(8-9-15)14(18)19/h11-13,16H,4-10H2,1-3H3. The average Bonchev–Trinajstić information content (AvgIpc) is 2.82. The van der Waals surface area contributed by atoms with E-state index in [1.165, 1.54) is 25.7 Å². The highest BCUT2D eigenvalue weighted by Crippen LogP contribution is 2.46. The summed E-state index contributed by atoms with van der Waals surface area (Å²) in [5.41, 5.74) is -0.159. The SMILES string of the molecule is CC(CN(C)C)N1C(=O)C2(CC2)NC1C1CCCC1. The highest BCUT2D eigenvalue weighted by atomic mass is 16.2. The van der Waals surface area contributed by atoms with Crippen LogP contribution in [0.1, 0.15) is 45.4 Å². The number of amides is 1. The number of rotatable bonds is 4. The van der Waals surface area contributed by atoms with Crippen LogP contribution in [0.4, 0.5) is 0 Å². The van der Waals surface area contributed by atoms with Crippen molar-refractivity contribution >= 4 is 5.91 Å². The number of carbonyl (C=O) groups is 1. The van der Waals surface area contributed by atoms with Crippen molar-refractivity contribution in [3.8, 4) is 0 Å². The minimum atomic E-state index is -0.159. The van der Waals surface area contributed by atoms with Gasteiger partial charge in [-0.1, -0.05) is 12.8 Å². The second-order valence-electron chi connectivity index (χ2n) is 7.04. The van der Waals surface area contributed by atoms with Crippen molar-refractivity contribution in [2.24, 2.45) is 5.92 Å². The van der Waals surface area contributed by atoms with Crippen LogP contribution in [0.25, 0.3) is 0 Å². The molecule has 2 aliphatic carbocycles. The number of hydrogen-bond donors (Lipinski definition) is 1. The Morgan fingerprint density at radius 3 is 2.53 bits per heavy atom. The Morgan fingerprint density at radius 1 is 1.37 bits per heavy atom. The summed E-state index contributed by atoms with van der Waals surface area (Å²) in [5.74, 6) is 1.05. The Bertz CT molecular complexity index is 358. The van der Waals surface area contributed by atoms with Gasteiger partial charge in [0.25, 0.3) is 0 Å². The van der Waals surface area contributed by atoms with Crippen LogP contribution < -0.4 is 5.32 Å². The first kappa shape index (κ1) is 13.4. The predicted molar refractivity (Wildman–Crippen MR) is 75.7 cm³/mol. The first-order valence-electron chi connectivity index (χ1n) is 7.79. The smallest absolute Gasteiger partial charge is 0.244 e. The van der Waals surface area contributed by atoms with Gasteiger partial charge in [0.05, 0.1) is 11.7 Å².